The highest BCUT2D eigenvalue weighted by molar-refractivity contribution is 5.91. The molecule has 0 bridgehead atoms. The van der Waals surface area contributed by atoms with E-state index in [4.69, 9.17) is 0 Å². The van der Waals surface area contributed by atoms with Crippen LogP contribution in [0.2, 0.25) is 0 Å². The topological polar surface area (TPSA) is 90.0 Å². The van der Waals surface area contributed by atoms with Crippen LogP contribution in [0.1, 0.15) is 60.8 Å². The number of rotatable bonds is 8. The Labute approximate surface area is 194 Å². The number of carbonyl (C=O) groups excluding carboxylic acids is 2. The molecule has 1 aliphatic heterocycles. The Kier molecular flexibility index (Phi) is 9.95. The first kappa shape index (κ1) is 28.9. The lowest BCUT2D eigenvalue weighted by Gasteiger charge is -2.40. The minimum atomic E-state index is -4.42. The smallest absolute Gasteiger partial charge is 0.401 e. The van der Waals surface area contributed by atoms with Crippen LogP contribution in [0, 0.1) is 11.3 Å². The summed E-state index contributed by atoms with van der Waals surface area (Å²) in [7, 11) is 1.54. The number of aliphatic carboxylic acids is 1. The Bertz CT molecular complexity index is 744. The maximum Gasteiger partial charge on any atom is 0.401 e. The number of likely N-dealkylation sites (tertiary alicyclic amines) is 1. The van der Waals surface area contributed by atoms with E-state index in [1.165, 1.54) is 17.9 Å². The van der Waals surface area contributed by atoms with Crippen LogP contribution in [0.4, 0.5) is 13.2 Å². The second-order valence-electron chi connectivity index (χ2n) is 10.2. The lowest BCUT2D eigenvalue weighted by molar-refractivity contribution is -0.159. The van der Waals surface area contributed by atoms with Crippen LogP contribution < -0.4 is 5.32 Å². The normalized spacial score (nSPS) is 20.3. The molecule has 0 spiro atoms. The van der Waals surface area contributed by atoms with Crippen molar-refractivity contribution >= 4 is 17.8 Å². The van der Waals surface area contributed by atoms with E-state index in [-0.39, 0.29) is 24.5 Å². The second-order valence-corrected chi connectivity index (χ2v) is 10.2. The van der Waals surface area contributed by atoms with Gasteiger partial charge in [0.1, 0.15) is 6.04 Å². The number of nitrogens with one attached hydrogen (secondary N) is 1. The Balaban J connectivity index is 3.16. The lowest BCUT2D eigenvalue weighted by atomic mass is 9.84. The molecule has 0 aromatic rings. The number of carboxylic acids is 1. The van der Waals surface area contributed by atoms with E-state index in [1.54, 1.807) is 27.8 Å². The van der Waals surface area contributed by atoms with Crippen LogP contribution in [-0.4, -0.2) is 77.1 Å². The molecule has 1 heterocycles. The number of carboxylic acid groups (broad SMARTS) is 1. The molecular weight excluding hydrogens is 439 g/mol. The molecule has 1 fully saturated rings. The zero-order valence-electron chi connectivity index (χ0n) is 20.6. The summed E-state index contributed by atoms with van der Waals surface area (Å²) in [6.45, 7) is 9.43. The van der Waals surface area contributed by atoms with E-state index < -0.39 is 54.0 Å². The van der Waals surface area contributed by atoms with Crippen molar-refractivity contribution in [1.29, 1.82) is 0 Å². The van der Waals surface area contributed by atoms with Crippen molar-refractivity contribution in [3.63, 3.8) is 0 Å². The van der Waals surface area contributed by atoms with Gasteiger partial charge in [-0.25, -0.2) is 4.79 Å². The average molecular weight is 478 g/mol. The average Bonchev–Trinajstić information content (AvgIpc) is 2.66. The van der Waals surface area contributed by atoms with Gasteiger partial charge in [0, 0.05) is 12.6 Å². The van der Waals surface area contributed by atoms with Crippen LogP contribution in [0.15, 0.2) is 11.6 Å². The summed E-state index contributed by atoms with van der Waals surface area (Å²) >= 11 is 0. The molecule has 1 saturated heterocycles. The SMILES string of the molecule is C/C(=C\[C@H](C(C)C)N(C)C(=O)C(NC(=O)[C@H]1CCCCN1CC(F)(F)F)C(C)(C)C)C(=O)O. The summed E-state index contributed by atoms with van der Waals surface area (Å²) in [5, 5.41) is 11.9. The molecule has 10 heteroatoms. The summed E-state index contributed by atoms with van der Waals surface area (Å²) < 4.78 is 39.0. The van der Waals surface area contributed by atoms with Crippen LogP contribution in [-0.2, 0) is 14.4 Å². The van der Waals surface area contributed by atoms with Gasteiger partial charge in [0.15, 0.2) is 0 Å². The maximum atomic E-state index is 13.5. The first-order valence-corrected chi connectivity index (χ1v) is 11.2. The van der Waals surface area contributed by atoms with Crippen molar-refractivity contribution in [2.75, 3.05) is 20.1 Å². The van der Waals surface area contributed by atoms with E-state index in [1.807, 2.05) is 13.8 Å². The number of hydrogen-bond acceptors (Lipinski definition) is 4. The summed E-state index contributed by atoms with van der Waals surface area (Å²) in [6.07, 6.45) is -1.42. The Morgan fingerprint density at radius 1 is 1.18 bits per heavy atom. The zero-order valence-corrected chi connectivity index (χ0v) is 20.6. The van der Waals surface area contributed by atoms with Gasteiger partial charge in [0.05, 0.1) is 18.6 Å². The fourth-order valence-corrected chi connectivity index (χ4v) is 4.02. The van der Waals surface area contributed by atoms with Gasteiger partial charge in [-0.1, -0.05) is 47.1 Å². The molecular formula is C23H38F3N3O4. The predicted molar refractivity (Wildman–Crippen MR) is 119 cm³/mol. The van der Waals surface area contributed by atoms with Crippen LogP contribution in [0.5, 0.6) is 0 Å². The Morgan fingerprint density at radius 3 is 2.21 bits per heavy atom. The van der Waals surface area contributed by atoms with Gasteiger partial charge < -0.3 is 15.3 Å². The fourth-order valence-electron chi connectivity index (χ4n) is 4.02. The van der Waals surface area contributed by atoms with E-state index in [9.17, 15) is 32.7 Å². The van der Waals surface area contributed by atoms with E-state index in [2.05, 4.69) is 5.32 Å². The highest BCUT2D eigenvalue weighted by Crippen LogP contribution is 2.27. The molecule has 0 aromatic carbocycles. The molecule has 2 amide bonds. The molecule has 0 saturated carbocycles. The first-order chi connectivity index (χ1) is 15.0. The summed E-state index contributed by atoms with van der Waals surface area (Å²) in [6, 6.07) is -2.49. The summed E-state index contributed by atoms with van der Waals surface area (Å²) in [5.74, 6) is -2.23. The van der Waals surface area contributed by atoms with Crippen LogP contribution in [0.3, 0.4) is 0 Å². The van der Waals surface area contributed by atoms with Crippen molar-refractivity contribution in [1.82, 2.24) is 15.1 Å². The van der Waals surface area contributed by atoms with Gasteiger partial charge >= 0.3 is 12.1 Å². The van der Waals surface area contributed by atoms with Gasteiger partial charge in [0.25, 0.3) is 0 Å². The third kappa shape index (κ3) is 8.64. The molecule has 1 unspecified atom stereocenters. The summed E-state index contributed by atoms with van der Waals surface area (Å²) in [5.41, 5.74) is -0.632. The van der Waals surface area contributed by atoms with Gasteiger partial charge in [-0.15, -0.1) is 0 Å². The Morgan fingerprint density at radius 2 is 1.76 bits per heavy atom. The molecule has 190 valence electrons. The monoisotopic (exact) mass is 477 g/mol. The number of piperidine rings is 1. The van der Waals surface area contributed by atoms with Crippen molar-refractivity contribution in [3.05, 3.63) is 11.6 Å². The quantitative estimate of drug-likeness (QED) is 0.523. The predicted octanol–water partition coefficient (Wildman–Crippen LogP) is 3.45. The standard InChI is InChI=1S/C23H38F3N3O4/c1-14(2)17(12-15(3)21(32)33)28(7)20(31)18(22(4,5)6)27-19(30)16-10-8-9-11-29(16)13-23(24,25)26/h12,14,16-18H,8-11,13H2,1-7H3,(H,27,30)(H,32,33)/b15-12+/t16-,17-,18?/m1/s1. The second kappa shape index (κ2) is 11.4. The number of halogens is 3. The van der Waals surface area contributed by atoms with E-state index in [0.717, 1.165) is 4.90 Å². The third-order valence-electron chi connectivity index (χ3n) is 5.93. The highest BCUT2D eigenvalue weighted by Gasteiger charge is 2.41. The number of carbonyl (C=O) groups is 3. The lowest BCUT2D eigenvalue weighted by Crippen LogP contribution is -2.60. The van der Waals surface area contributed by atoms with Gasteiger partial charge in [-0.2, -0.15) is 13.2 Å². The van der Waals surface area contributed by atoms with Crippen molar-refractivity contribution in [2.45, 2.75) is 85.1 Å². The van der Waals surface area contributed by atoms with Gasteiger partial charge in [-0.3, -0.25) is 14.5 Å². The van der Waals surface area contributed by atoms with Crippen molar-refractivity contribution < 1.29 is 32.7 Å². The van der Waals surface area contributed by atoms with E-state index in [0.29, 0.717) is 12.8 Å². The number of likely N-dealkylation sites (N-methyl/N-ethyl adjacent to an activating group) is 1. The third-order valence-corrected chi connectivity index (χ3v) is 5.93. The highest BCUT2D eigenvalue weighted by atomic mass is 19.4. The fraction of sp³-hybridized carbons (Fsp3) is 0.783. The largest absolute Gasteiger partial charge is 0.478 e. The zero-order chi connectivity index (χ0) is 25.7. The van der Waals surface area contributed by atoms with Gasteiger partial charge in [-0.05, 0) is 37.6 Å². The van der Waals surface area contributed by atoms with Crippen molar-refractivity contribution in [3.8, 4) is 0 Å². The molecule has 0 aliphatic carbocycles. The number of hydrogen-bond donors (Lipinski definition) is 2. The maximum absolute atomic E-state index is 13.5. The minimum absolute atomic E-state index is 0.0923. The van der Waals surface area contributed by atoms with Crippen molar-refractivity contribution in [2.24, 2.45) is 11.3 Å². The number of nitrogens with zero attached hydrogens (tertiary/aromatic N) is 2. The molecule has 0 radical (unpaired) electrons. The number of amides is 2. The first-order valence-electron chi connectivity index (χ1n) is 11.2. The van der Waals surface area contributed by atoms with E-state index >= 15 is 0 Å². The molecule has 1 aliphatic rings. The van der Waals surface area contributed by atoms with Crippen LogP contribution in [0.25, 0.3) is 0 Å². The van der Waals surface area contributed by atoms with Crippen LogP contribution >= 0.6 is 0 Å². The molecule has 7 nitrogen and oxygen atoms in total. The van der Waals surface area contributed by atoms with Gasteiger partial charge in [0.2, 0.25) is 11.8 Å². The molecule has 3 atom stereocenters. The summed E-state index contributed by atoms with van der Waals surface area (Å²) in [4.78, 5) is 40.3. The number of alkyl halides is 3. The minimum Gasteiger partial charge on any atom is -0.478 e. The molecule has 0 aromatic heterocycles. The molecule has 2 N–H and O–H groups in total. The molecule has 1 rings (SSSR count). The Hall–Kier alpha value is -2.10. The molecule has 33 heavy (non-hydrogen) atoms.